The summed E-state index contributed by atoms with van der Waals surface area (Å²) in [7, 11) is 0. The minimum atomic E-state index is -0.158. The van der Waals surface area contributed by atoms with E-state index in [1.165, 1.54) is 11.8 Å². The Bertz CT molecular complexity index is 877. The van der Waals surface area contributed by atoms with Gasteiger partial charge in [0.2, 0.25) is 11.8 Å². The number of rotatable bonds is 6. The third-order valence-electron chi connectivity index (χ3n) is 3.23. The van der Waals surface area contributed by atoms with E-state index in [1.807, 2.05) is 38.1 Å². The highest BCUT2D eigenvalue weighted by Crippen LogP contribution is 2.25. The lowest BCUT2D eigenvalue weighted by Gasteiger charge is -2.11. The number of thioether (sulfide) groups is 1. The number of aromatic nitrogens is 4. The second-order valence-corrected chi connectivity index (χ2v) is 7.32. The van der Waals surface area contributed by atoms with Crippen molar-refractivity contribution in [3.05, 3.63) is 41.0 Å². The molecule has 0 saturated carbocycles. The Morgan fingerprint density at radius 2 is 2.20 bits per heavy atom. The van der Waals surface area contributed by atoms with Gasteiger partial charge < -0.3 is 9.73 Å². The topological polar surface area (TPSA) is 85.8 Å². The molecule has 25 heavy (non-hydrogen) atoms. The number of carbonyl (C=O) groups is 1. The lowest BCUT2D eigenvalue weighted by molar-refractivity contribution is -0.113. The Kier molecular flexibility index (Phi) is 5.54. The highest BCUT2D eigenvalue weighted by atomic mass is 79.9. The lowest BCUT2D eigenvalue weighted by Crippen LogP contribution is -2.18. The van der Waals surface area contributed by atoms with E-state index in [4.69, 9.17) is 4.42 Å². The SMILES string of the molecule is CC(C)n1nccc1NC(=O)CSc1nnc(-c2cccc(Br)c2)o1. The van der Waals surface area contributed by atoms with Crippen molar-refractivity contribution in [1.29, 1.82) is 0 Å². The van der Waals surface area contributed by atoms with Crippen LogP contribution in [0.25, 0.3) is 11.5 Å². The van der Waals surface area contributed by atoms with Crippen LogP contribution in [0.4, 0.5) is 5.82 Å². The fourth-order valence-electron chi connectivity index (χ4n) is 2.14. The van der Waals surface area contributed by atoms with Crippen LogP contribution < -0.4 is 5.32 Å². The van der Waals surface area contributed by atoms with E-state index >= 15 is 0 Å². The average Bonchev–Trinajstić information content (AvgIpc) is 3.22. The van der Waals surface area contributed by atoms with E-state index in [1.54, 1.807) is 16.9 Å². The molecule has 3 aromatic rings. The minimum absolute atomic E-state index is 0.158. The molecule has 2 heterocycles. The van der Waals surface area contributed by atoms with Crippen LogP contribution in [0.1, 0.15) is 19.9 Å². The zero-order valence-electron chi connectivity index (χ0n) is 13.6. The fourth-order valence-corrected chi connectivity index (χ4v) is 3.10. The Balaban J connectivity index is 1.59. The van der Waals surface area contributed by atoms with E-state index in [-0.39, 0.29) is 17.7 Å². The molecule has 1 amide bonds. The van der Waals surface area contributed by atoms with Gasteiger partial charge in [-0.1, -0.05) is 33.8 Å². The predicted octanol–water partition coefficient (Wildman–Crippen LogP) is 4.01. The first-order chi connectivity index (χ1) is 12.0. The summed E-state index contributed by atoms with van der Waals surface area (Å²) in [6.07, 6.45) is 1.66. The number of amides is 1. The molecular weight excluding hydrogens is 406 g/mol. The van der Waals surface area contributed by atoms with Crippen LogP contribution in [0.5, 0.6) is 0 Å². The van der Waals surface area contributed by atoms with Crippen LogP contribution >= 0.6 is 27.7 Å². The lowest BCUT2D eigenvalue weighted by atomic mass is 10.2. The molecule has 2 aromatic heterocycles. The number of anilines is 1. The van der Waals surface area contributed by atoms with Gasteiger partial charge in [-0.25, -0.2) is 4.68 Å². The van der Waals surface area contributed by atoms with Crippen molar-refractivity contribution in [1.82, 2.24) is 20.0 Å². The molecule has 0 atom stereocenters. The van der Waals surface area contributed by atoms with Crippen molar-refractivity contribution in [3.8, 4) is 11.5 Å². The minimum Gasteiger partial charge on any atom is -0.411 e. The van der Waals surface area contributed by atoms with Crippen molar-refractivity contribution >= 4 is 39.4 Å². The number of carbonyl (C=O) groups excluding carboxylic acids is 1. The molecular formula is C16H16BrN5O2S. The molecule has 3 rings (SSSR count). The molecule has 0 fully saturated rings. The Hall–Kier alpha value is -2.13. The van der Waals surface area contributed by atoms with Gasteiger partial charge in [-0.05, 0) is 32.0 Å². The van der Waals surface area contributed by atoms with Crippen LogP contribution in [0.3, 0.4) is 0 Å². The van der Waals surface area contributed by atoms with Crippen molar-refractivity contribution in [3.63, 3.8) is 0 Å². The van der Waals surface area contributed by atoms with Gasteiger partial charge in [0.05, 0.1) is 11.9 Å². The van der Waals surface area contributed by atoms with Crippen LogP contribution in [-0.4, -0.2) is 31.6 Å². The summed E-state index contributed by atoms with van der Waals surface area (Å²) in [5.41, 5.74) is 0.819. The Labute approximate surface area is 157 Å². The molecule has 0 unspecified atom stereocenters. The van der Waals surface area contributed by atoms with Crippen LogP contribution in [0.2, 0.25) is 0 Å². The molecule has 0 aliphatic carbocycles. The molecule has 0 spiro atoms. The first-order valence-corrected chi connectivity index (χ1v) is 9.36. The van der Waals surface area contributed by atoms with Crippen molar-refractivity contribution < 1.29 is 9.21 Å². The van der Waals surface area contributed by atoms with Gasteiger partial charge in [-0.15, -0.1) is 10.2 Å². The van der Waals surface area contributed by atoms with Gasteiger partial charge in [-0.3, -0.25) is 4.79 Å². The number of benzene rings is 1. The first-order valence-electron chi connectivity index (χ1n) is 7.58. The summed E-state index contributed by atoms with van der Waals surface area (Å²) < 4.78 is 8.27. The summed E-state index contributed by atoms with van der Waals surface area (Å²) in [4.78, 5) is 12.1. The van der Waals surface area contributed by atoms with Gasteiger partial charge in [0.25, 0.3) is 5.22 Å². The number of nitrogens with zero attached hydrogens (tertiary/aromatic N) is 4. The van der Waals surface area contributed by atoms with Gasteiger partial charge in [0.1, 0.15) is 5.82 Å². The van der Waals surface area contributed by atoms with Gasteiger partial charge >= 0.3 is 0 Å². The third-order valence-corrected chi connectivity index (χ3v) is 4.54. The highest BCUT2D eigenvalue weighted by Gasteiger charge is 2.13. The average molecular weight is 422 g/mol. The summed E-state index contributed by atoms with van der Waals surface area (Å²) in [6.45, 7) is 4.00. The molecule has 7 nitrogen and oxygen atoms in total. The number of halogens is 1. The zero-order valence-corrected chi connectivity index (χ0v) is 16.0. The molecule has 0 radical (unpaired) electrons. The Morgan fingerprint density at radius 3 is 2.96 bits per heavy atom. The van der Waals surface area contributed by atoms with E-state index < -0.39 is 0 Å². The van der Waals surface area contributed by atoms with Crippen molar-refractivity contribution in [2.75, 3.05) is 11.1 Å². The number of hydrogen-bond donors (Lipinski definition) is 1. The molecule has 9 heteroatoms. The highest BCUT2D eigenvalue weighted by molar-refractivity contribution is 9.10. The molecule has 0 bridgehead atoms. The van der Waals surface area contributed by atoms with Gasteiger partial charge in [0.15, 0.2) is 0 Å². The fraction of sp³-hybridized carbons (Fsp3) is 0.250. The second kappa shape index (κ2) is 7.83. The standard InChI is InChI=1S/C16H16BrN5O2S/c1-10(2)22-13(6-7-18-22)19-14(23)9-25-16-21-20-15(24-16)11-4-3-5-12(17)8-11/h3-8,10H,9H2,1-2H3,(H,19,23). The van der Waals surface area contributed by atoms with Crippen molar-refractivity contribution in [2.45, 2.75) is 25.1 Å². The smallest absolute Gasteiger partial charge is 0.277 e. The largest absolute Gasteiger partial charge is 0.411 e. The summed E-state index contributed by atoms with van der Waals surface area (Å²) in [5.74, 6) is 1.10. The van der Waals surface area contributed by atoms with E-state index in [9.17, 15) is 4.79 Å². The van der Waals surface area contributed by atoms with Crippen LogP contribution in [0, 0.1) is 0 Å². The summed E-state index contributed by atoms with van der Waals surface area (Å²) in [6, 6.07) is 9.51. The normalized spacial score (nSPS) is 11.0. The monoisotopic (exact) mass is 421 g/mol. The van der Waals surface area contributed by atoms with E-state index in [0.717, 1.165) is 10.0 Å². The summed E-state index contributed by atoms with van der Waals surface area (Å²) in [5, 5.41) is 15.3. The quantitative estimate of drug-likeness (QED) is 0.605. The van der Waals surface area contributed by atoms with Gasteiger partial charge in [-0.2, -0.15) is 5.10 Å². The van der Waals surface area contributed by atoms with E-state index in [0.29, 0.717) is 16.9 Å². The van der Waals surface area contributed by atoms with E-state index in [2.05, 4.69) is 36.5 Å². The maximum atomic E-state index is 12.1. The van der Waals surface area contributed by atoms with Crippen molar-refractivity contribution in [2.24, 2.45) is 0 Å². The third kappa shape index (κ3) is 4.49. The second-order valence-electron chi connectivity index (χ2n) is 5.48. The zero-order chi connectivity index (χ0) is 17.8. The maximum Gasteiger partial charge on any atom is 0.277 e. The molecule has 130 valence electrons. The first kappa shape index (κ1) is 17.7. The maximum absolute atomic E-state index is 12.1. The molecule has 0 aliphatic rings. The predicted molar refractivity (Wildman–Crippen MR) is 99.4 cm³/mol. The van der Waals surface area contributed by atoms with Gasteiger partial charge in [0, 0.05) is 22.1 Å². The number of nitrogens with one attached hydrogen (secondary N) is 1. The summed E-state index contributed by atoms with van der Waals surface area (Å²) >= 11 is 4.60. The molecule has 1 N–H and O–H groups in total. The van der Waals surface area contributed by atoms with Crippen LogP contribution in [0.15, 0.2) is 50.6 Å². The van der Waals surface area contributed by atoms with Crippen LogP contribution in [-0.2, 0) is 4.79 Å². The molecule has 0 aliphatic heterocycles. The number of hydrogen-bond acceptors (Lipinski definition) is 6. The molecule has 0 saturated heterocycles. The molecule has 1 aromatic carbocycles. The Morgan fingerprint density at radius 1 is 1.36 bits per heavy atom.